The lowest BCUT2D eigenvalue weighted by Gasteiger charge is -2.37. The van der Waals surface area contributed by atoms with Crippen LogP contribution in [0.5, 0.6) is 0 Å². The third kappa shape index (κ3) is 3.17. The van der Waals surface area contributed by atoms with Crippen LogP contribution in [0.3, 0.4) is 0 Å². The molecule has 2 aliphatic rings. The molecule has 0 aromatic carbocycles. The second kappa shape index (κ2) is 5.45. The van der Waals surface area contributed by atoms with Gasteiger partial charge in [-0.1, -0.05) is 0 Å². The molecular weight excluding hydrogens is 204 g/mol. The van der Waals surface area contributed by atoms with Gasteiger partial charge in [0.25, 0.3) is 0 Å². The van der Waals surface area contributed by atoms with E-state index in [1.807, 2.05) is 0 Å². The molecule has 0 amide bonds. The molecule has 0 bridgehead atoms. The Morgan fingerprint density at radius 2 is 2.44 bits per heavy atom. The summed E-state index contributed by atoms with van der Waals surface area (Å²) in [7, 11) is 0. The predicted molar refractivity (Wildman–Crippen MR) is 63.4 cm³/mol. The molecule has 0 saturated carbocycles. The number of likely N-dealkylation sites (tertiary alicyclic amines) is 1. The van der Waals surface area contributed by atoms with Gasteiger partial charge in [-0.25, -0.2) is 0 Å². The van der Waals surface area contributed by atoms with E-state index in [9.17, 15) is 0 Å². The van der Waals surface area contributed by atoms with Gasteiger partial charge in [-0.3, -0.25) is 4.90 Å². The van der Waals surface area contributed by atoms with E-state index in [-0.39, 0.29) is 5.54 Å². The lowest BCUT2D eigenvalue weighted by molar-refractivity contribution is -0.000516. The molecule has 2 fully saturated rings. The van der Waals surface area contributed by atoms with Crippen LogP contribution >= 0.6 is 0 Å². The molecule has 2 saturated heterocycles. The summed E-state index contributed by atoms with van der Waals surface area (Å²) in [4.78, 5) is 2.44. The molecule has 16 heavy (non-hydrogen) atoms. The lowest BCUT2D eigenvalue weighted by atomic mass is 9.97. The topological polar surface area (TPSA) is 47.7 Å². The maximum absolute atomic E-state index is 6.30. The molecule has 0 aromatic rings. The first-order valence-corrected chi connectivity index (χ1v) is 6.42. The predicted octanol–water partition coefficient (Wildman–Crippen LogP) is 0.605. The summed E-state index contributed by atoms with van der Waals surface area (Å²) in [6.07, 6.45) is 3.81. The monoisotopic (exact) mass is 228 g/mol. The summed E-state index contributed by atoms with van der Waals surface area (Å²) in [6.45, 7) is 7.55. The molecule has 2 aliphatic heterocycles. The van der Waals surface area contributed by atoms with Crippen molar-refractivity contribution in [3.8, 4) is 0 Å². The van der Waals surface area contributed by atoms with Gasteiger partial charge in [0.15, 0.2) is 0 Å². The highest BCUT2D eigenvalue weighted by atomic mass is 16.5. The van der Waals surface area contributed by atoms with Gasteiger partial charge in [0.2, 0.25) is 0 Å². The Morgan fingerprint density at radius 3 is 3.12 bits per heavy atom. The van der Waals surface area contributed by atoms with E-state index in [0.717, 1.165) is 39.3 Å². The molecule has 2 rings (SSSR count). The molecule has 94 valence electrons. The standard InChI is InChI=1S/C12H24N2O2/c1-2-16-11-4-3-6-14(8-11)9-12(13)5-7-15-10-12/h11H,2-10,13H2,1H3. The Kier molecular flexibility index (Phi) is 4.19. The maximum atomic E-state index is 6.30. The molecule has 2 N–H and O–H groups in total. The quantitative estimate of drug-likeness (QED) is 0.765. The van der Waals surface area contributed by atoms with E-state index < -0.39 is 0 Å². The van der Waals surface area contributed by atoms with Gasteiger partial charge in [0.05, 0.1) is 18.2 Å². The average molecular weight is 228 g/mol. The van der Waals surface area contributed by atoms with E-state index in [2.05, 4.69) is 11.8 Å². The van der Waals surface area contributed by atoms with Crippen LogP contribution in [0.25, 0.3) is 0 Å². The van der Waals surface area contributed by atoms with Crippen molar-refractivity contribution < 1.29 is 9.47 Å². The third-order valence-electron chi connectivity index (χ3n) is 3.54. The van der Waals surface area contributed by atoms with E-state index >= 15 is 0 Å². The minimum Gasteiger partial charge on any atom is -0.379 e. The number of hydrogen-bond donors (Lipinski definition) is 1. The zero-order chi connectivity index (χ0) is 11.4. The van der Waals surface area contributed by atoms with Crippen molar-refractivity contribution in [3.63, 3.8) is 0 Å². The molecule has 0 radical (unpaired) electrons. The number of piperidine rings is 1. The van der Waals surface area contributed by atoms with Crippen LogP contribution < -0.4 is 5.73 Å². The van der Waals surface area contributed by atoms with Crippen molar-refractivity contribution >= 4 is 0 Å². The van der Waals surface area contributed by atoms with E-state index in [0.29, 0.717) is 12.7 Å². The van der Waals surface area contributed by atoms with Crippen LogP contribution in [0, 0.1) is 0 Å². The van der Waals surface area contributed by atoms with Crippen LogP contribution in [0.15, 0.2) is 0 Å². The molecule has 4 heteroatoms. The third-order valence-corrected chi connectivity index (χ3v) is 3.54. The van der Waals surface area contributed by atoms with Crippen molar-refractivity contribution in [2.75, 3.05) is 39.5 Å². The van der Waals surface area contributed by atoms with Gasteiger partial charge in [0, 0.05) is 26.3 Å². The highest BCUT2D eigenvalue weighted by molar-refractivity contribution is 4.92. The van der Waals surface area contributed by atoms with Crippen molar-refractivity contribution in [3.05, 3.63) is 0 Å². The summed E-state index contributed by atoms with van der Waals surface area (Å²) in [6, 6.07) is 0. The fourth-order valence-corrected chi connectivity index (χ4v) is 2.72. The lowest BCUT2D eigenvalue weighted by Crippen LogP contribution is -2.53. The Bertz CT molecular complexity index is 215. The molecule has 0 aromatic heterocycles. The average Bonchev–Trinajstić information content (AvgIpc) is 2.66. The highest BCUT2D eigenvalue weighted by Gasteiger charge is 2.34. The molecule has 4 nitrogen and oxygen atoms in total. The zero-order valence-corrected chi connectivity index (χ0v) is 10.3. The molecular formula is C12H24N2O2. The minimum atomic E-state index is -0.117. The normalized spacial score (nSPS) is 36.8. The first-order chi connectivity index (χ1) is 7.72. The van der Waals surface area contributed by atoms with Gasteiger partial charge >= 0.3 is 0 Å². The number of nitrogens with zero attached hydrogens (tertiary/aromatic N) is 1. The Labute approximate surface area is 98.1 Å². The SMILES string of the molecule is CCOC1CCCN(CC2(N)CCOC2)C1. The van der Waals surface area contributed by atoms with Crippen LogP contribution in [0.4, 0.5) is 0 Å². The van der Waals surface area contributed by atoms with Crippen LogP contribution in [-0.4, -0.2) is 56.0 Å². The van der Waals surface area contributed by atoms with Crippen LogP contribution in [-0.2, 0) is 9.47 Å². The molecule has 0 aliphatic carbocycles. The van der Waals surface area contributed by atoms with E-state index in [1.54, 1.807) is 0 Å². The summed E-state index contributed by atoms with van der Waals surface area (Å²) >= 11 is 0. The molecule has 2 heterocycles. The van der Waals surface area contributed by atoms with E-state index in [1.165, 1.54) is 12.8 Å². The number of hydrogen-bond acceptors (Lipinski definition) is 4. The molecule has 2 atom stereocenters. The largest absolute Gasteiger partial charge is 0.379 e. The first-order valence-electron chi connectivity index (χ1n) is 6.42. The summed E-state index contributed by atoms with van der Waals surface area (Å²) in [5, 5.41) is 0. The summed E-state index contributed by atoms with van der Waals surface area (Å²) < 4.78 is 11.1. The van der Waals surface area contributed by atoms with Crippen molar-refractivity contribution in [2.45, 2.75) is 37.8 Å². The highest BCUT2D eigenvalue weighted by Crippen LogP contribution is 2.20. The van der Waals surface area contributed by atoms with Crippen LogP contribution in [0.2, 0.25) is 0 Å². The van der Waals surface area contributed by atoms with Gasteiger partial charge in [-0.05, 0) is 32.7 Å². The van der Waals surface area contributed by atoms with Gasteiger partial charge in [-0.2, -0.15) is 0 Å². The number of ether oxygens (including phenoxy) is 2. The molecule has 0 spiro atoms. The van der Waals surface area contributed by atoms with E-state index in [4.69, 9.17) is 15.2 Å². The summed E-state index contributed by atoms with van der Waals surface area (Å²) in [5.74, 6) is 0. The Morgan fingerprint density at radius 1 is 1.56 bits per heavy atom. The first kappa shape index (κ1) is 12.3. The number of nitrogens with two attached hydrogens (primary N) is 1. The fourth-order valence-electron chi connectivity index (χ4n) is 2.72. The smallest absolute Gasteiger partial charge is 0.0702 e. The summed E-state index contributed by atoms with van der Waals surface area (Å²) in [5.41, 5.74) is 6.18. The number of rotatable bonds is 4. The van der Waals surface area contributed by atoms with Crippen molar-refractivity contribution in [1.29, 1.82) is 0 Å². The fraction of sp³-hybridized carbons (Fsp3) is 1.00. The zero-order valence-electron chi connectivity index (χ0n) is 10.3. The van der Waals surface area contributed by atoms with Gasteiger partial charge in [0.1, 0.15) is 0 Å². The van der Waals surface area contributed by atoms with Crippen molar-refractivity contribution in [2.24, 2.45) is 5.73 Å². The van der Waals surface area contributed by atoms with Crippen molar-refractivity contribution in [1.82, 2.24) is 4.90 Å². The van der Waals surface area contributed by atoms with Crippen LogP contribution in [0.1, 0.15) is 26.2 Å². The Hall–Kier alpha value is -0.160. The second-order valence-corrected chi connectivity index (χ2v) is 5.12. The molecule has 2 unspecified atom stereocenters. The van der Waals surface area contributed by atoms with Gasteiger partial charge < -0.3 is 15.2 Å². The van der Waals surface area contributed by atoms with Gasteiger partial charge in [-0.15, -0.1) is 0 Å². The second-order valence-electron chi connectivity index (χ2n) is 5.12. The maximum Gasteiger partial charge on any atom is 0.0702 e. The minimum absolute atomic E-state index is 0.117. The Balaban J connectivity index is 1.80.